The van der Waals surface area contributed by atoms with Crippen LogP contribution in [0.25, 0.3) is 0 Å². The van der Waals surface area contributed by atoms with Gasteiger partial charge in [0.15, 0.2) is 17.1 Å². The van der Waals surface area contributed by atoms with Crippen LogP contribution in [0.1, 0.15) is 53.4 Å². The number of aliphatic hydroxyl groups is 2. The summed E-state index contributed by atoms with van der Waals surface area (Å²) < 4.78 is 39.3. The first-order valence-electron chi connectivity index (χ1n) is 11.8. The van der Waals surface area contributed by atoms with E-state index in [0.29, 0.717) is 22.4 Å². The molecule has 2 N–H and O–H groups in total. The van der Waals surface area contributed by atoms with E-state index < -0.39 is 52.2 Å². The van der Waals surface area contributed by atoms with Crippen LogP contribution in [-0.4, -0.2) is 55.2 Å². The minimum absolute atomic E-state index is 0.0372. The van der Waals surface area contributed by atoms with Crippen molar-refractivity contribution in [3.63, 3.8) is 0 Å². The van der Waals surface area contributed by atoms with Gasteiger partial charge in [0.05, 0.1) is 6.10 Å². The molecule has 4 aliphatic rings. The summed E-state index contributed by atoms with van der Waals surface area (Å²) >= 11 is 3.85. The highest BCUT2D eigenvalue weighted by Crippen LogP contribution is 2.71. The quantitative estimate of drug-likeness (QED) is 0.199. The van der Waals surface area contributed by atoms with Gasteiger partial charge >= 0.3 is 5.97 Å². The van der Waals surface area contributed by atoms with Crippen molar-refractivity contribution in [3.05, 3.63) is 23.8 Å². The Morgan fingerprint density at radius 1 is 1.32 bits per heavy atom. The summed E-state index contributed by atoms with van der Waals surface area (Å²) in [6, 6.07) is 0. The highest BCUT2D eigenvalue weighted by molar-refractivity contribution is 9.11. The van der Waals surface area contributed by atoms with Gasteiger partial charge in [0.1, 0.15) is 11.2 Å². The summed E-state index contributed by atoms with van der Waals surface area (Å²) in [5.41, 5.74) is -6.05. The van der Waals surface area contributed by atoms with Crippen LogP contribution in [0, 0.1) is 28.6 Å². The molecule has 0 aliphatic heterocycles. The van der Waals surface area contributed by atoms with Crippen LogP contribution in [0.3, 0.4) is 0 Å². The van der Waals surface area contributed by atoms with E-state index in [2.05, 4.69) is 15.9 Å². The van der Waals surface area contributed by atoms with Gasteiger partial charge in [-0.05, 0) is 49.8 Å². The molecule has 0 saturated heterocycles. The van der Waals surface area contributed by atoms with Crippen LogP contribution in [0.5, 0.6) is 0 Å². The van der Waals surface area contributed by atoms with Crippen LogP contribution in [0.15, 0.2) is 23.8 Å². The van der Waals surface area contributed by atoms with Crippen LogP contribution < -0.4 is 0 Å². The number of aliphatic hydroxyl groups excluding tert-OH is 2. The molecule has 4 rings (SSSR count). The number of hydrogen-bond donors (Lipinski definition) is 3. The zero-order valence-electron chi connectivity index (χ0n) is 19.9. The van der Waals surface area contributed by atoms with Crippen LogP contribution in [-0.2, 0) is 14.3 Å². The number of ketones is 1. The lowest BCUT2D eigenvalue weighted by molar-refractivity contribution is -0.222. The number of carbonyl (C=O) groups excluding carboxylic acids is 2. The third kappa shape index (κ3) is 3.18. The molecule has 0 amide bonds. The monoisotopic (exact) mass is 562 g/mol. The van der Waals surface area contributed by atoms with Gasteiger partial charge < -0.3 is 14.9 Å². The molecule has 0 bridgehead atoms. The van der Waals surface area contributed by atoms with Gasteiger partial charge in [0.25, 0.3) is 0 Å². The lowest BCUT2D eigenvalue weighted by atomic mass is 9.44. The van der Waals surface area contributed by atoms with Crippen LogP contribution >= 0.6 is 27.3 Å². The van der Waals surface area contributed by atoms with E-state index in [1.54, 1.807) is 13.8 Å². The second-order valence-electron chi connectivity index (χ2n) is 10.7. The fourth-order valence-electron chi connectivity index (χ4n) is 7.69. The minimum atomic E-state index is -2.21. The molecule has 9 atom stereocenters. The Kier molecular flexibility index (Phi) is 6.62. The van der Waals surface area contributed by atoms with E-state index in [9.17, 15) is 19.8 Å². The summed E-state index contributed by atoms with van der Waals surface area (Å²) in [4.78, 5) is 24.6. The molecule has 3 fully saturated rings. The topological polar surface area (TPSA) is 83.8 Å². The fraction of sp³-hybridized carbons (Fsp3) is 0.720. The number of fused-ring (bicyclic) bond motifs is 5. The highest BCUT2D eigenvalue weighted by Gasteiger charge is 2.77. The standard InChI is InChI=1S/C25H33BrF2O5S/c1-5-20(31)33-25(21(32)34-12-26)13(2)8-15-16-10-18(27)17-9-14(29)6-7-22(17,3)24(16,28)19(30)11-23(15,25)4/h6-7,9,13,15-16,18-19,30,32,34H,5,8,10-12H2,1-4H3/t13-,15+,16+,18+,19+,22+,23+,24+,25-/m1/s1. The summed E-state index contributed by atoms with van der Waals surface area (Å²) in [6.07, 6.45) is 1.02. The highest BCUT2D eigenvalue weighted by atomic mass is 79.9. The number of hydrogen-bond acceptors (Lipinski definition) is 4. The van der Waals surface area contributed by atoms with Gasteiger partial charge in [0.2, 0.25) is 0 Å². The molecule has 34 heavy (non-hydrogen) atoms. The van der Waals surface area contributed by atoms with Crippen molar-refractivity contribution in [2.45, 2.75) is 76.9 Å². The smallest absolute Gasteiger partial charge is 0.306 e. The fourth-order valence-corrected chi connectivity index (χ4v) is 9.27. The summed E-state index contributed by atoms with van der Waals surface area (Å²) in [5, 5.41) is 22.7. The maximum Gasteiger partial charge on any atom is 0.306 e. The first kappa shape index (κ1) is 26.2. The molecule has 0 radical (unpaired) electrons. The normalized spacial score (nSPS) is 48.3. The Morgan fingerprint density at radius 3 is 2.62 bits per heavy atom. The molecule has 0 unspecified atom stereocenters. The average molecular weight is 564 g/mol. The second-order valence-corrected chi connectivity index (χ2v) is 13.1. The van der Waals surface area contributed by atoms with Crippen molar-refractivity contribution in [3.8, 4) is 0 Å². The van der Waals surface area contributed by atoms with E-state index in [1.807, 2.05) is 13.8 Å². The van der Waals surface area contributed by atoms with Crippen molar-refractivity contribution in [2.75, 3.05) is 4.66 Å². The Labute approximate surface area is 211 Å². The summed E-state index contributed by atoms with van der Waals surface area (Å²) in [7, 11) is 0. The largest absolute Gasteiger partial charge is 0.451 e. The molecule has 5 nitrogen and oxygen atoms in total. The van der Waals surface area contributed by atoms with E-state index >= 15 is 8.78 Å². The first-order chi connectivity index (χ1) is 15.8. The van der Waals surface area contributed by atoms with Gasteiger partial charge in [0, 0.05) is 33.7 Å². The van der Waals surface area contributed by atoms with Crippen LogP contribution in [0.2, 0.25) is 0 Å². The van der Waals surface area contributed by atoms with E-state index in [4.69, 9.17) is 4.74 Å². The van der Waals surface area contributed by atoms with Crippen molar-refractivity contribution in [2.24, 2.45) is 28.6 Å². The number of esters is 1. The first-order valence-corrected chi connectivity index (χ1v) is 14.0. The minimum Gasteiger partial charge on any atom is -0.451 e. The predicted octanol–water partition coefficient (Wildman–Crippen LogP) is 4.75. The molecule has 0 heterocycles. The lowest BCUT2D eigenvalue weighted by Crippen LogP contribution is -2.70. The molecule has 0 aromatic carbocycles. The zero-order chi connectivity index (χ0) is 25.3. The molecule has 190 valence electrons. The van der Waals surface area contributed by atoms with E-state index in [0.717, 1.165) is 0 Å². The number of alkyl halides is 3. The Balaban J connectivity index is 1.89. The van der Waals surface area contributed by atoms with Gasteiger partial charge in [-0.3, -0.25) is 9.59 Å². The average Bonchev–Trinajstić information content (AvgIpc) is 2.99. The third-order valence-electron chi connectivity index (χ3n) is 9.27. The molecule has 0 aromatic heterocycles. The number of thiol groups is 1. The molecule has 0 aromatic rings. The van der Waals surface area contributed by atoms with Crippen molar-refractivity contribution in [1.29, 1.82) is 0 Å². The number of allylic oxidation sites excluding steroid dienone is 4. The second kappa shape index (κ2) is 8.60. The van der Waals surface area contributed by atoms with Gasteiger partial charge in [-0.2, -0.15) is 11.4 Å². The van der Waals surface area contributed by atoms with E-state index in [-0.39, 0.29) is 41.6 Å². The Bertz CT molecular complexity index is 1000. The number of carbonyl (C=O) groups is 2. The summed E-state index contributed by atoms with van der Waals surface area (Å²) in [5.74, 6) is -2.61. The molecule has 9 heteroatoms. The maximum absolute atomic E-state index is 17.3. The molecule has 0 spiro atoms. The van der Waals surface area contributed by atoms with Gasteiger partial charge in [-0.1, -0.05) is 42.8 Å². The number of ether oxygens (including phenoxy) is 1. The van der Waals surface area contributed by atoms with Gasteiger partial charge in [-0.25, -0.2) is 8.78 Å². The van der Waals surface area contributed by atoms with Crippen molar-refractivity contribution in [1.82, 2.24) is 0 Å². The predicted molar refractivity (Wildman–Crippen MR) is 133 cm³/mol. The van der Waals surface area contributed by atoms with E-state index in [1.165, 1.54) is 18.2 Å². The Morgan fingerprint density at radius 2 is 2.00 bits per heavy atom. The van der Waals surface area contributed by atoms with Crippen molar-refractivity contribution >= 4 is 44.1 Å². The zero-order valence-corrected chi connectivity index (χ0v) is 22.3. The summed E-state index contributed by atoms with van der Waals surface area (Å²) in [6.45, 7) is 6.91. The van der Waals surface area contributed by atoms with Crippen LogP contribution in [0.4, 0.5) is 8.78 Å². The molecule has 4 aliphatic carbocycles. The maximum atomic E-state index is 17.3. The molecular weight excluding hydrogens is 530 g/mol. The third-order valence-corrected chi connectivity index (χ3v) is 10.8. The SMILES string of the molecule is CCC(=O)O[C@@]1(C(O)=[SH]CBr)[C@H](C)C[C@H]2[C@@H]3C[C@H](F)C4=CC(=O)C=C[C@]4(C)[C@@]3(F)[C@@H](O)C[C@@]21C. The Hall–Kier alpha value is -0.900. The number of halogens is 3. The van der Waals surface area contributed by atoms with Gasteiger partial charge in [-0.15, -0.1) is 0 Å². The molecular formula is C25H33BrF2O5S. The molecule has 3 saturated carbocycles. The number of rotatable bonds is 4. The van der Waals surface area contributed by atoms with Crippen molar-refractivity contribution < 1.29 is 33.3 Å². The lowest BCUT2D eigenvalue weighted by Gasteiger charge is -2.63.